The van der Waals surface area contributed by atoms with Crippen molar-refractivity contribution in [1.29, 1.82) is 0 Å². The summed E-state index contributed by atoms with van der Waals surface area (Å²) in [5.41, 5.74) is 8.88. The van der Waals surface area contributed by atoms with Gasteiger partial charge in [0, 0.05) is 12.1 Å². The summed E-state index contributed by atoms with van der Waals surface area (Å²) in [6.07, 6.45) is 0.650. The number of carbonyl (C=O) groups is 1. The number of hydrogen-bond donors (Lipinski definition) is 1. The third-order valence-electron chi connectivity index (χ3n) is 3.21. The van der Waals surface area contributed by atoms with Crippen molar-refractivity contribution < 1.29 is 9.53 Å². The predicted molar refractivity (Wildman–Crippen MR) is 80.6 cm³/mol. The van der Waals surface area contributed by atoms with Crippen molar-refractivity contribution in [3.63, 3.8) is 0 Å². The van der Waals surface area contributed by atoms with Gasteiger partial charge in [-0.2, -0.15) is 0 Å². The summed E-state index contributed by atoms with van der Waals surface area (Å²) >= 11 is 0. The molecule has 0 spiro atoms. The van der Waals surface area contributed by atoms with E-state index in [1.165, 1.54) is 0 Å². The summed E-state index contributed by atoms with van der Waals surface area (Å²) in [7, 11) is 0. The first kappa shape index (κ1) is 15.0. The molecule has 0 unspecified atom stereocenters. The fourth-order valence-electron chi connectivity index (χ4n) is 2.25. The lowest BCUT2D eigenvalue weighted by Gasteiger charge is -2.11. The molecule has 0 saturated carbocycles. The van der Waals surface area contributed by atoms with Gasteiger partial charge < -0.3 is 10.5 Å². The molecule has 0 atom stereocenters. The van der Waals surface area contributed by atoms with Crippen molar-refractivity contribution >= 4 is 11.8 Å². The lowest BCUT2D eigenvalue weighted by atomic mass is 10.2. The minimum absolute atomic E-state index is 0.161. The van der Waals surface area contributed by atoms with Crippen LogP contribution in [0, 0.1) is 13.8 Å². The van der Waals surface area contributed by atoms with Crippen LogP contribution in [-0.2, 0) is 11.2 Å². The van der Waals surface area contributed by atoms with Crippen LogP contribution in [0.2, 0.25) is 0 Å². The summed E-state index contributed by atoms with van der Waals surface area (Å²) in [5, 5.41) is 0. The molecule has 21 heavy (non-hydrogen) atoms. The Kier molecular flexibility index (Phi) is 4.26. The number of anilines is 1. The van der Waals surface area contributed by atoms with E-state index in [1.54, 1.807) is 11.5 Å². The van der Waals surface area contributed by atoms with Gasteiger partial charge in [-0.3, -0.25) is 9.55 Å². The molecule has 0 aliphatic heterocycles. The summed E-state index contributed by atoms with van der Waals surface area (Å²) in [6.45, 7) is 7.84. The largest absolute Gasteiger partial charge is 0.461 e. The van der Waals surface area contributed by atoms with Crippen LogP contribution in [0.5, 0.6) is 0 Å². The quantitative estimate of drug-likeness (QED) is 0.872. The van der Waals surface area contributed by atoms with Crippen LogP contribution in [-0.4, -0.2) is 27.1 Å². The van der Waals surface area contributed by atoms with Gasteiger partial charge >= 0.3 is 5.97 Å². The van der Waals surface area contributed by atoms with Crippen LogP contribution in [0.4, 0.5) is 5.82 Å². The Morgan fingerprint density at radius 2 is 2.00 bits per heavy atom. The molecule has 2 rings (SSSR count). The zero-order valence-electron chi connectivity index (χ0n) is 12.8. The van der Waals surface area contributed by atoms with Crippen LogP contribution in [0.15, 0.2) is 12.1 Å². The number of imidazole rings is 1. The van der Waals surface area contributed by atoms with E-state index in [-0.39, 0.29) is 12.3 Å². The van der Waals surface area contributed by atoms with Gasteiger partial charge in [-0.25, -0.2) is 9.78 Å². The third kappa shape index (κ3) is 2.74. The lowest BCUT2D eigenvalue weighted by Crippen LogP contribution is -2.10. The topological polar surface area (TPSA) is 83.0 Å². The van der Waals surface area contributed by atoms with Crippen LogP contribution in [0.3, 0.4) is 0 Å². The van der Waals surface area contributed by atoms with Gasteiger partial charge in [0.2, 0.25) is 0 Å². The van der Waals surface area contributed by atoms with E-state index in [1.807, 2.05) is 32.9 Å². The number of esters is 1. The minimum atomic E-state index is -0.499. The Balaban J connectivity index is 2.60. The molecule has 0 amide bonds. The van der Waals surface area contributed by atoms with Gasteiger partial charge in [0.15, 0.2) is 5.69 Å². The van der Waals surface area contributed by atoms with Crippen molar-refractivity contribution in [3.05, 3.63) is 35.0 Å². The van der Waals surface area contributed by atoms with Crippen molar-refractivity contribution in [2.24, 2.45) is 0 Å². The van der Waals surface area contributed by atoms with E-state index in [9.17, 15) is 4.79 Å². The minimum Gasteiger partial charge on any atom is -0.461 e. The van der Waals surface area contributed by atoms with Gasteiger partial charge in [0.05, 0.1) is 18.0 Å². The smallest absolute Gasteiger partial charge is 0.360 e. The Bertz CT molecular complexity index is 677. The average molecular weight is 288 g/mol. The van der Waals surface area contributed by atoms with E-state index in [2.05, 4.69) is 9.97 Å². The highest BCUT2D eigenvalue weighted by Crippen LogP contribution is 2.24. The Morgan fingerprint density at radius 3 is 2.57 bits per heavy atom. The molecule has 2 aromatic rings. The zero-order valence-corrected chi connectivity index (χ0v) is 12.8. The monoisotopic (exact) mass is 288 g/mol. The first-order chi connectivity index (χ1) is 9.99. The molecule has 0 radical (unpaired) electrons. The molecular formula is C15H20N4O2. The Labute approximate surface area is 124 Å². The molecule has 6 nitrogen and oxygen atoms in total. The molecular weight excluding hydrogens is 268 g/mol. The molecule has 0 aliphatic carbocycles. The van der Waals surface area contributed by atoms with Gasteiger partial charge in [-0.15, -0.1) is 0 Å². The van der Waals surface area contributed by atoms with E-state index in [0.717, 1.165) is 17.1 Å². The summed E-state index contributed by atoms with van der Waals surface area (Å²) < 4.78 is 6.77. The van der Waals surface area contributed by atoms with Crippen LogP contribution >= 0.6 is 0 Å². The summed E-state index contributed by atoms with van der Waals surface area (Å²) in [5.74, 6) is 0.504. The van der Waals surface area contributed by atoms with Crippen molar-refractivity contribution in [1.82, 2.24) is 14.5 Å². The highest BCUT2D eigenvalue weighted by molar-refractivity contribution is 5.92. The molecule has 0 aliphatic rings. The molecule has 0 fully saturated rings. The van der Waals surface area contributed by atoms with Crippen molar-refractivity contribution in [3.8, 4) is 5.69 Å². The van der Waals surface area contributed by atoms with Crippen LogP contribution < -0.4 is 5.73 Å². The number of aromatic nitrogens is 3. The van der Waals surface area contributed by atoms with Crippen molar-refractivity contribution in [2.75, 3.05) is 12.3 Å². The second-order valence-corrected chi connectivity index (χ2v) is 4.73. The lowest BCUT2D eigenvalue weighted by molar-refractivity contribution is 0.0521. The molecule has 0 bridgehead atoms. The summed E-state index contributed by atoms with van der Waals surface area (Å²) in [4.78, 5) is 20.7. The third-order valence-corrected chi connectivity index (χ3v) is 3.21. The first-order valence-electron chi connectivity index (χ1n) is 6.98. The molecule has 0 saturated heterocycles. The number of nitrogen functional groups attached to an aromatic ring is 1. The number of pyridine rings is 1. The number of aryl methyl sites for hydroxylation is 3. The normalized spacial score (nSPS) is 10.7. The first-order valence-corrected chi connectivity index (χ1v) is 6.98. The number of hydrogen-bond acceptors (Lipinski definition) is 5. The van der Waals surface area contributed by atoms with Gasteiger partial charge in [-0.1, -0.05) is 6.92 Å². The van der Waals surface area contributed by atoms with E-state index in [4.69, 9.17) is 10.5 Å². The maximum atomic E-state index is 11.9. The fourth-order valence-corrected chi connectivity index (χ4v) is 2.25. The second kappa shape index (κ2) is 5.95. The highest BCUT2D eigenvalue weighted by Gasteiger charge is 2.22. The van der Waals surface area contributed by atoms with Gasteiger partial charge in [-0.05, 0) is 32.9 Å². The molecule has 2 aromatic heterocycles. The average Bonchev–Trinajstić information content (AvgIpc) is 2.76. The number of nitrogens with two attached hydrogens (primary N) is 1. The predicted octanol–water partition coefficient (Wildman–Crippen LogP) is 2.21. The summed E-state index contributed by atoms with van der Waals surface area (Å²) in [6, 6.07) is 3.84. The van der Waals surface area contributed by atoms with Gasteiger partial charge in [0.1, 0.15) is 11.6 Å². The molecule has 0 aromatic carbocycles. The van der Waals surface area contributed by atoms with E-state index in [0.29, 0.717) is 18.1 Å². The van der Waals surface area contributed by atoms with Crippen molar-refractivity contribution in [2.45, 2.75) is 34.1 Å². The zero-order chi connectivity index (χ0) is 15.6. The number of carbonyl (C=O) groups excluding carboxylic acids is 1. The van der Waals surface area contributed by atoms with Gasteiger partial charge in [0.25, 0.3) is 0 Å². The maximum Gasteiger partial charge on any atom is 0.360 e. The standard InChI is InChI=1S/C15H20N4O2/c1-5-12-18-13(15(20)21-6-2)14(16)19(12)11-8-7-9(3)17-10(11)4/h7-8H,5-6,16H2,1-4H3. The Hall–Kier alpha value is -2.37. The fraction of sp³-hybridized carbons (Fsp3) is 0.400. The molecule has 2 N–H and O–H groups in total. The molecule has 6 heteroatoms. The Morgan fingerprint density at radius 1 is 1.29 bits per heavy atom. The number of ether oxygens (including phenoxy) is 1. The SMILES string of the molecule is CCOC(=O)c1nc(CC)n(-c2ccc(C)nc2C)c1N. The number of rotatable bonds is 4. The molecule has 2 heterocycles. The highest BCUT2D eigenvalue weighted by atomic mass is 16.5. The van der Waals surface area contributed by atoms with Crippen LogP contribution in [0.1, 0.15) is 41.5 Å². The number of nitrogens with zero attached hydrogens (tertiary/aromatic N) is 3. The molecule has 112 valence electrons. The second-order valence-electron chi connectivity index (χ2n) is 4.73. The van der Waals surface area contributed by atoms with Crippen LogP contribution in [0.25, 0.3) is 5.69 Å². The maximum absolute atomic E-state index is 11.9. The van der Waals surface area contributed by atoms with E-state index < -0.39 is 5.97 Å². The van der Waals surface area contributed by atoms with E-state index >= 15 is 0 Å².